The number of esters is 1. The van der Waals surface area contributed by atoms with Gasteiger partial charge in [0, 0.05) is 5.69 Å². The predicted molar refractivity (Wildman–Crippen MR) is 98.8 cm³/mol. The van der Waals surface area contributed by atoms with Gasteiger partial charge in [0.15, 0.2) is 0 Å². The van der Waals surface area contributed by atoms with Gasteiger partial charge in [-0.2, -0.15) is 0 Å². The van der Waals surface area contributed by atoms with Crippen molar-refractivity contribution < 1.29 is 18.7 Å². The number of carbonyl (C=O) groups excluding carboxylic acids is 2. The molecule has 0 radical (unpaired) electrons. The minimum atomic E-state index is -0.658. The number of nitrogens with one attached hydrogen (secondary N) is 1. The Bertz CT molecular complexity index is 1080. The number of aryl methyl sites for hydroxylation is 2. The number of ether oxygens (including phenoxy) is 1. The summed E-state index contributed by atoms with van der Waals surface area (Å²) >= 11 is 0. The van der Waals surface area contributed by atoms with Crippen molar-refractivity contribution in [3.05, 3.63) is 57.8 Å². The van der Waals surface area contributed by atoms with Crippen LogP contribution in [0.25, 0.3) is 11.1 Å². The third-order valence-corrected chi connectivity index (χ3v) is 4.07. The molecule has 0 aliphatic rings. The molecule has 1 amide bonds. The Morgan fingerprint density at radius 2 is 2.00 bits per heavy atom. The zero-order chi connectivity index (χ0) is 19.6. The van der Waals surface area contributed by atoms with Crippen LogP contribution in [0.4, 0.5) is 5.69 Å². The molecule has 140 valence electrons. The molecule has 0 fully saturated rings. The number of amides is 1. The summed E-state index contributed by atoms with van der Waals surface area (Å²) in [5, 5.41) is 2.77. The highest BCUT2D eigenvalue weighted by molar-refractivity contribution is 6.03. The van der Waals surface area contributed by atoms with Crippen molar-refractivity contribution in [2.45, 2.75) is 27.3 Å². The van der Waals surface area contributed by atoms with E-state index in [-0.39, 0.29) is 41.5 Å². The first-order valence-electron chi connectivity index (χ1n) is 8.43. The van der Waals surface area contributed by atoms with Crippen LogP contribution in [0.2, 0.25) is 0 Å². The summed E-state index contributed by atoms with van der Waals surface area (Å²) in [5.74, 6) is -0.796. The van der Waals surface area contributed by atoms with Gasteiger partial charge in [-0.15, -0.1) is 0 Å². The maximum Gasteiger partial charge on any atom is 0.342 e. The Kier molecular flexibility index (Phi) is 5.07. The highest BCUT2D eigenvalue weighted by Gasteiger charge is 2.24. The standard InChI is InChI=1S/C19H19N3O5/c1-4-26-19(25)15-12(3)27-17-16(15)18(24)22(10-20-17)9-14(23)21-13-8-6-5-7-11(13)2/h5-8,10H,4,9H2,1-3H3,(H,21,23). The Hall–Kier alpha value is -3.42. The summed E-state index contributed by atoms with van der Waals surface area (Å²) in [5.41, 5.74) is 1.10. The van der Waals surface area contributed by atoms with Crippen molar-refractivity contribution in [3.8, 4) is 0 Å². The van der Waals surface area contributed by atoms with E-state index in [9.17, 15) is 14.4 Å². The van der Waals surface area contributed by atoms with E-state index in [0.717, 1.165) is 10.1 Å². The lowest BCUT2D eigenvalue weighted by Gasteiger charge is -2.09. The molecule has 27 heavy (non-hydrogen) atoms. The zero-order valence-corrected chi connectivity index (χ0v) is 15.2. The fourth-order valence-electron chi connectivity index (χ4n) is 2.76. The summed E-state index contributed by atoms with van der Waals surface area (Å²) < 4.78 is 11.5. The monoisotopic (exact) mass is 369 g/mol. The van der Waals surface area contributed by atoms with Crippen molar-refractivity contribution >= 4 is 28.7 Å². The molecule has 1 N–H and O–H groups in total. The molecule has 0 atom stereocenters. The SMILES string of the molecule is CCOC(=O)c1c(C)oc2ncn(CC(=O)Nc3ccccc3C)c(=O)c12. The van der Waals surface area contributed by atoms with E-state index >= 15 is 0 Å². The first-order valence-corrected chi connectivity index (χ1v) is 8.43. The molecule has 2 aromatic heterocycles. The topological polar surface area (TPSA) is 103 Å². The second-order valence-corrected chi connectivity index (χ2v) is 5.97. The number of fused-ring (bicyclic) bond motifs is 1. The van der Waals surface area contributed by atoms with Crippen LogP contribution in [-0.4, -0.2) is 28.0 Å². The fourth-order valence-corrected chi connectivity index (χ4v) is 2.76. The fraction of sp³-hybridized carbons (Fsp3) is 0.263. The number of carbonyl (C=O) groups is 2. The molecule has 0 saturated heterocycles. The molecule has 0 spiro atoms. The van der Waals surface area contributed by atoms with E-state index in [4.69, 9.17) is 9.15 Å². The molecule has 0 saturated carbocycles. The first kappa shape index (κ1) is 18.4. The van der Waals surface area contributed by atoms with Gasteiger partial charge in [-0.25, -0.2) is 9.78 Å². The number of rotatable bonds is 5. The van der Waals surface area contributed by atoms with Gasteiger partial charge in [0.05, 0.1) is 6.61 Å². The number of para-hydroxylation sites is 1. The maximum absolute atomic E-state index is 12.8. The van der Waals surface area contributed by atoms with Crippen LogP contribution in [-0.2, 0) is 16.1 Å². The molecule has 3 aromatic rings. The van der Waals surface area contributed by atoms with Crippen LogP contribution in [0.15, 0.2) is 39.8 Å². The predicted octanol–water partition coefficient (Wildman–Crippen LogP) is 2.42. The average Bonchev–Trinajstić information content (AvgIpc) is 2.96. The number of benzene rings is 1. The summed E-state index contributed by atoms with van der Waals surface area (Å²) in [7, 11) is 0. The quantitative estimate of drug-likeness (QED) is 0.693. The summed E-state index contributed by atoms with van der Waals surface area (Å²) in [6, 6.07) is 7.32. The van der Waals surface area contributed by atoms with Crippen LogP contribution >= 0.6 is 0 Å². The molecular weight excluding hydrogens is 350 g/mol. The zero-order valence-electron chi connectivity index (χ0n) is 15.2. The van der Waals surface area contributed by atoms with Crippen LogP contribution in [0, 0.1) is 13.8 Å². The lowest BCUT2D eigenvalue weighted by Crippen LogP contribution is -2.28. The lowest BCUT2D eigenvalue weighted by molar-refractivity contribution is -0.116. The van der Waals surface area contributed by atoms with Gasteiger partial charge in [0.25, 0.3) is 5.56 Å². The van der Waals surface area contributed by atoms with Crippen LogP contribution in [0.5, 0.6) is 0 Å². The van der Waals surface area contributed by atoms with E-state index < -0.39 is 11.5 Å². The molecule has 0 bridgehead atoms. The highest BCUT2D eigenvalue weighted by Crippen LogP contribution is 2.21. The number of aromatic nitrogens is 2. The van der Waals surface area contributed by atoms with Gasteiger partial charge in [-0.05, 0) is 32.4 Å². The van der Waals surface area contributed by atoms with Crippen LogP contribution in [0.1, 0.15) is 28.6 Å². The Balaban J connectivity index is 1.94. The van der Waals surface area contributed by atoms with Gasteiger partial charge < -0.3 is 14.5 Å². The van der Waals surface area contributed by atoms with E-state index in [0.29, 0.717) is 5.69 Å². The molecule has 1 aromatic carbocycles. The Labute approximate surface area is 154 Å². The smallest absolute Gasteiger partial charge is 0.342 e. The van der Waals surface area contributed by atoms with E-state index in [1.165, 1.54) is 6.33 Å². The van der Waals surface area contributed by atoms with Crippen molar-refractivity contribution in [3.63, 3.8) is 0 Å². The molecular formula is C19H19N3O5. The second-order valence-electron chi connectivity index (χ2n) is 5.97. The van der Waals surface area contributed by atoms with Crippen molar-refractivity contribution in [2.24, 2.45) is 0 Å². The molecule has 8 heteroatoms. The van der Waals surface area contributed by atoms with Gasteiger partial charge in [0.1, 0.15) is 29.6 Å². The van der Waals surface area contributed by atoms with Gasteiger partial charge >= 0.3 is 5.97 Å². The summed E-state index contributed by atoms with van der Waals surface area (Å²) in [6.07, 6.45) is 1.22. The highest BCUT2D eigenvalue weighted by atomic mass is 16.5. The Morgan fingerprint density at radius 1 is 1.26 bits per heavy atom. The van der Waals surface area contributed by atoms with Gasteiger partial charge in [0.2, 0.25) is 11.6 Å². The van der Waals surface area contributed by atoms with Crippen LogP contribution < -0.4 is 10.9 Å². The number of nitrogens with zero attached hydrogens (tertiary/aromatic N) is 2. The molecule has 2 heterocycles. The number of furan rings is 1. The first-order chi connectivity index (χ1) is 12.9. The second kappa shape index (κ2) is 7.45. The average molecular weight is 369 g/mol. The molecule has 0 unspecified atom stereocenters. The third kappa shape index (κ3) is 3.59. The minimum Gasteiger partial charge on any atom is -0.462 e. The van der Waals surface area contributed by atoms with E-state index in [1.54, 1.807) is 19.9 Å². The largest absolute Gasteiger partial charge is 0.462 e. The molecule has 0 aliphatic carbocycles. The summed E-state index contributed by atoms with van der Waals surface area (Å²) in [4.78, 5) is 41.4. The van der Waals surface area contributed by atoms with Crippen LogP contribution in [0.3, 0.4) is 0 Å². The van der Waals surface area contributed by atoms with Crippen molar-refractivity contribution in [1.82, 2.24) is 9.55 Å². The Morgan fingerprint density at radius 3 is 2.70 bits per heavy atom. The molecule has 8 nitrogen and oxygen atoms in total. The maximum atomic E-state index is 12.8. The molecule has 0 aliphatic heterocycles. The van der Waals surface area contributed by atoms with Gasteiger partial charge in [-0.1, -0.05) is 18.2 Å². The number of hydrogen-bond donors (Lipinski definition) is 1. The van der Waals surface area contributed by atoms with E-state index in [2.05, 4.69) is 10.3 Å². The van der Waals surface area contributed by atoms with Crippen molar-refractivity contribution in [1.29, 1.82) is 0 Å². The molecule has 3 rings (SSSR count). The van der Waals surface area contributed by atoms with Crippen molar-refractivity contribution in [2.75, 3.05) is 11.9 Å². The van der Waals surface area contributed by atoms with Gasteiger partial charge in [-0.3, -0.25) is 14.2 Å². The number of anilines is 1. The lowest BCUT2D eigenvalue weighted by atomic mass is 10.2. The third-order valence-electron chi connectivity index (χ3n) is 4.07. The number of hydrogen-bond acceptors (Lipinski definition) is 6. The minimum absolute atomic E-state index is 0.0112. The summed E-state index contributed by atoms with van der Waals surface area (Å²) in [6.45, 7) is 5.01. The van der Waals surface area contributed by atoms with E-state index in [1.807, 2.05) is 25.1 Å². The normalized spacial score (nSPS) is 10.8.